The van der Waals surface area contributed by atoms with Gasteiger partial charge in [-0.25, -0.2) is 0 Å². The Balaban J connectivity index is 0. The van der Waals surface area contributed by atoms with Gasteiger partial charge < -0.3 is 40.0 Å². The summed E-state index contributed by atoms with van der Waals surface area (Å²) in [6.45, 7) is 0. The zero-order valence-electron chi connectivity index (χ0n) is 7.74. The zero-order chi connectivity index (χ0) is 12.7. The topological polar surface area (TPSA) is 212 Å². The number of hydrogen-bond acceptors (Lipinski definition) is 4. The van der Waals surface area contributed by atoms with Crippen molar-refractivity contribution in [1.29, 1.82) is 0 Å². The zero-order valence-corrected chi connectivity index (χ0v) is 13.5. The van der Waals surface area contributed by atoms with E-state index in [1.807, 2.05) is 0 Å². The standard InChI is InChI=1S/CH8NO10P3.K/c3-2-1(13(4,5)6,14(7,8)9)15(10,11)12;/h2H2,(H2,4,5,6)(H2,7,8,9)(H2,10,11,12);/q;+1. The molecule has 0 atom stereocenters. The van der Waals surface area contributed by atoms with Crippen molar-refractivity contribution < 1.29 is 99.9 Å². The molecule has 0 saturated heterocycles. The van der Waals surface area contributed by atoms with Crippen LogP contribution in [0.3, 0.4) is 0 Å². The van der Waals surface area contributed by atoms with Gasteiger partial charge in [0.2, 0.25) is 0 Å². The SMILES string of the molecule is O=P(O)(O)C([NH2+][O-])(P(=O)(O)O)P(=O)(O)O.[K+]. The molecule has 0 aromatic carbocycles. The van der Waals surface area contributed by atoms with Crippen molar-refractivity contribution in [3.05, 3.63) is 5.21 Å². The molecule has 0 aliphatic heterocycles. The summed E-state index contributed by atoms with van der Waals surface area (Å²) < 4.78 is 27.6. The first-order chi connectivity index (χ1) is 6.31. The average molecular weight is 326 g/mol. The second-order valence-electron chi connectivity index (χ2n) is 2.44. The van der Waals surface area contributed by atoms with Crippen LogP contribution < -0.4 is 56.9 Å². The van der Waals surface area contributed by atoms with Crippen LogP contribution in [0.25, 0.3) is 0 Å². The van der Waals surface area contributed by atoms with Crippen LogP contribution in [0.5, 0.6) is 0 Å². The van der Waals surface area contributed by atoms with E-state index in [1.165, 1.54) is 0 Å². The van der Waals surface area contributed by atoms with E-state index >= 15 is 0 Å². The van der Waals surface area contributed by atoms with Crippen molar-refractivity contribution in [2.24, 2.45) is 0 Å². The van der Waals surface area contributed by atoms with Crippen LogP contribution in [0.15, 0.2) is 0 Å². The molecule has 0 bridgehead atoms. The van der Waals surface area contributed by atoms with Crippen molar-refractivity contribution in [2.45, 2.75) is 4.76 Å². The molecule has 0 spiro atoms. The fourth-order valence-electron chi connectivity index (χ4n) is 0.715. The molecule has 0 rings (SSSR count). The van der Waals surface area contributed by atoms with E-state index in [1.54, 1.807) is 0 Å². The number of nitrogens with two attached hydrogens (primary N) is 1. The summed E-state index contributed by atoms with van der Waals surface area (Å²) in [6.07, 6.45) is 0. The van der Waals surface area contributed by atoms with Crippen LogP contribution in [0.2, 0.25) is 0 Å². The Hall–Kier alpha value is 2.01. The van der Waals surface area contributed by atoms with Crippen molar-refractivity contribution >= 4 is 22.8 Å². The Bertz CT molecular complexity index is 318. The molecular weight excluding hydrogens is 318 g/mol. The van der Waals surface area contributed by atoms with Crippen LogP contribution in [-0.4, -0.2) is 34.1 Å². The second kappa shape index (κ2) is 5.97. The Labute approximate surface area is 131 Å². The van der Waals surface area contributed by atoms with Crippen LogP contribution >= 0.6 is 22.8 Å². The van der Waals surface area contributed by atoms with Crippen LogP contribution in [-0.2, 0) is 13.7 Å². The van der Waals surface area contributed by atoms with Gasteiger partial charge in [-0.3, -0.25) is 13.7 Å². The minimum absolute atomic E-state index is 0. The van der Waals surface area contributed by atoms with Gasteiger partial charge in [0, 0.05) is 0 Å². The Morgan fingerprint density at radius 1 is 0.812 bits per heavy atom. The summed E-state index contributed by atoms with van der Waals surface area (Å²) >= 11 is 0. The van der Waals surface area contributed by atoms with E-state index in [0.29, 0.717) is 0 Å². The van der Waals surface area contributed by atoms with Gasteiger partial charge in [-0.05, 0) is 0 Å². The quantitative estimate of drug-likeness (QED) is 0.148. The molecule has 0 saturated carbocycles. The molecule has 92 valence electrons. The largest absolute Gasteiger partial charge is 1.00 e. The summed E-state index contributed by atoms with van der Waals surface area (Å²) in [7, 11) is -18.1. The molecule has 0 aromatic rings. The van der Waals surface area contributed by atoms with E-state index in [-0.39, 0.29) is 51.4 Å². The third-order valence-corrected chi connectivity index (χ3v) is 9.02. The smallest absolute Gasteiger partial charge is 0.634 e. The van der Waals surface area contributed by atoms with Gasteiger partial charge in [0.25, 0.3) is 0 Å². The first-order valence-corrected chi connectivity index (χ1v) is 7.78. The van der Waals surface area contributed by atoms with Gasteiger partial charge in [0.1, 0.15) is 0 Å². The van der Waals surface area contributed by atoms with Crippen LogP contribution in [0.4, 0.5) is 0 Å². The van der Waals surface area contributed by atoms with Crippen molar-refractivity contribution in [3.63, 3.8) is 0 Å². The van der Waals surface area contributed by atoms with Gasteiger partial charge in [-0.15, -0.1) is 0 Å². The van der Waals surface area contributed by atoms with Crippen molar-refractivity contribution in [2.75, 3.05) is 0 Å². The molecule has 0 aliphatic rings. The predicted molar refractivity (Wildman–Crippen MR) is 44.2 cm³/mol. The maximum atomic E-state index is 10.7. The molecular formula is CH8KNO10P3+. The summed E-state index contributed by atoms with van der Waals surface area (Å²) in [5.74, 6) is 0. The molecule has 11 nitrogen and oxygen atoms in total. The molecule has 15 heteroatoms. The Morgan fingerprint density at radius 3 is 1.00 bits per heavy atom. The third kappa shape index (κ3) is 3.52. The molecule has 0 radical (unpaired) electrons. The fraction of sp³-hybridized carbons (Fsp3) is 1.00. The number of rotatable bonds is 4. The van der Waals surface area contributed by atoms with Crippen LogP contribution in [0.1, 0.15) is 0 Å². The molecule has 0 fully saturated rings. The monoisotopic (exact) mass is 326 g/mol. The van der Waals surface area contributed by atoms with Crippen molar-refractivity contribution in [3.8, 4) is 0 Å². The number of hydrogen-bond donors (Lipinski definition) is 7. The van der Waals surface area contributed by atoms with Gasteiger partial charge in [-0.2, -0.15) is 0 Å². The minimum atomic E-state index is -6.04. The van der Waals surface area contributed by atoms with E-state index < -0.39 is 33.0 Å². The van der Waals surface area contributed by atoms with Gasteiger partial charge in [0.15, 0.2) is 0 Å². The second-order valence-corrected chi connectivity index (χ2v) is 8.88. The maximum Gasteiger partial charge on any atom is 1.00 e. The predicted octanol–water partition coefficient (Wildman–Crippen LogP) is -5.80. The molecule has 0 unspecified atom stereocenters. The van der Waals surface area contributed by atoms with E-state index in [9.17, 15) is 18.9 Å². The van der Waals surface area contributed by atoms with Gasteiger partial charge >= 0.3 is 78.9 Å². The van der Waals surface area contributed by atoms with E-state index in [2.05, 4.69) is 0 Å². The summed E-state index contributed by atoms with van der Waals surface area (Å²) in [6, 6.07) is 0. The fourth-order valence-corrected chi connectivity index (χ4v) is 5.20. The summed E-state index contributed by atoms with van der Waals surface area (Å²) in [5, 5.41) is 10.3. The van der Waals surface area contributed by atoms with Crippen molar-refractivity contribution in [1.82, 2.24) is 0 Å². The summed E-state index contributed by atoms with van der Waals surface area (Å²) in [4.78, 5) is 51.0. The maximum absolute atomic E-state index is 10.7. The molecule has 0 amide bonds. The molecule has 0 aliphatic carbocycles. The number of hydroxylamine groups is 1. The number of quaternary nitrogens is 1. The van der Waals surface area contributed by atoms with Gasteiger partial charge in [-0.1, -0.05) is 0 Å². The van der Waals surface area contributed by atoms with Crippen LogP contribution in [0, 0.1) is 5.21 Å². The molecule has 0 aromatic heterocycles. The Morgan fingerprint density at radius 2 is 1.00 bits per heavy atom. The normalized spacial score (nSPS) is 14.4. The van der Waals surface area contributed by atoms with Gasteiger partial charge in [0.05, 0.1) is 0 Å². The third-order valence-electron chi connectivity index (χ3n) is 1.44. The first kappa shape index (κ1) is 20.3. The average Bonchev–Trinajstić information content (AvgIpc) is 1.76. The summed E-state index contributed by atoms with van der Waals surface area (Å²) in [5.41, 5.74) is -1.10. The molecule has 0 heterocycles. The Kier molecular flexibility index (Phi) is 7.59. The molecule has 8 N–H and O–H groups in total. The van der Waals surface area contributed by atoms with E-state index in [4.69, 9.17) is 29.4 Å². The molecule has 16 heavy (non-hydrogen) atoms. The van der Waals surface area contributed by atoms with E-state index in [0.717, 1.165) is 0 Å². The minimum Gasteiger partial charge on any atom is -0.634 e. The first-order valence-electron chi connectivity index (χ1n) is 2.94.